The van der Waals surface area contributed by atoms with Gasteiger partial charge in [-0.15, -0.1) is 0 Å². The molecule has 0 spiro atoms. The molecule has 13 heteroatoms. The van der Waals surface area contributed by atoms with E-state index in [4.69, 9.17) is 14.2 Å². The van der Waals surface area contributed by atoms with Crippen molar-refractivity contribution in [3.63, 3.8) is 0 Å². The predicted octanol–water partition coefficient (Wildman–Crippen LogP) is 0.512. The van der Waals surface area contributed by atoms with E-state index < -0.39 is 35.2 Å². The van der Waals surface area contributed by atoms with Gasteiger partial charge >= 0.3 is 5.69 Å². The van der Waals surface area contributed by atoms with Crippen LogP contribution in [0.15, 0.2) is 58.1 Å². The summed E-state index contributed by atoms with van der Waals surface area (Å²) in [6, 6.07) is 13.1. The number of methoxy groups -OCH3 is 1. The van der Waals surface area contributed by atoms with Gasteiger partial charge in [-0.05, 0) is 41.8 Å². The van der Waals surface area contributed by atoms with E-state index in [0.29, 0.717) is 43.1 Å². The van der Waals surface area contributed by atoms with E-state index in [1.165, 1.54) is 26.1 Å². The SMILES string of the molecule is COc1cc2ccc1OCC(=O)N[C@@H]1CN(C(=O)c3cc(=O)n(C)c(=O)n3C)CC[C@H]1Oc1ccc(cc1)CNC(=O)CC2. The van der Waals surface area contributed by atoms with E-state index in [1.54, 1.807) is 24.3 Å². The number of aryl methyl sites for hydroxylation is 1. The lowest BCUT2D eigenvalue weighted by Gasteiger charge is -2.39. The number of nitrogens with one attached hydrogen (secondary N) is 2. The fraction of sp³-hybridized carbons (Fsp3) is 0.387. The summed E-state index contributed by atoms with van der Waals surface area (Å²) in [5.74, 6) is 0.327. The molecule has 4 bridgehead atoms. The fourth-order valence-corrected chi connectivity index (χ4v) is 5.28. The van der Waals surface area contributed by atoms with Crippen molar-refractivity contribution in [2.75, 3.05) is 26.8 Å². The summed E-state index contributed by atoms with van der Waals surface area (Å²) in [5.41, 5.74) is 0.534. The number of rotatable bonds is 2. The van der Waals surface area contributed by atoms with Gasteiger partial charge in [-0.1, -0.05) is 18.2 Å². The highest BCUT2D eigenvalue weighted by molar-refractivity contribution is 5.92. The van der Waals surface area contributed by atoms with Crippen LogP contribution in [0.5, 0.6) is 17.2 Å². The minimum absolute atomic E-state index is 0.0442. The molecule has 0 unspecified atom stereocenters. The molecule has 5 aliphatic rings. The number of nitrogens with zero attached hydrogens (tertiary/aromatic N) is 3. The van der Waals surface area contributed by atoms with Crippen LogP contribution in [0, 0.1) is 0 Å². The Balaban J connectivity index is 1.40. The van der Waals surface area contributed by atoms with Gasteiger partial charge in [-0.25, -0.2) is 4.79 Å². The highest BCUT2D eigenvalue weighted by atomic mass is 16.5. The normalized spacial score (nSPS) is 19.2. The van der Waals surface area contributed by atoms with Crippen molar-refractivity contribution in [3.8, 4) is 17.2 Å². The molecule has 0 aliphatic carbocycles. The average molecular weight is 606 g/mol. The smallest absolute Gasteiger partial charge is 0.331 e. The zero-order valence-corrected chi connectivity index (χ0v) is 24.8. The van der Waals surface area contributed by atoms with E-state index >= 15 is 0 Å². The number of piperidine rings is 1. The monoisotopic (exact) mass is 605 g/mol. The van der Waals surface area contributed by atoms with Crippen molar-refractivity contribution in [1.82, 2.24) is 24.7 Å². The first-order valence-electron chi connectivity index (χ1n) is 14.3. The van der Waals surface area contributed by atoms with Gasteiger partial charge in [0.15, 0.2) is 18.1 Å². The molecule has 0 radical (unpaired) electrons. The quantitative estimate of drug-likeness (QED) is 0.429. The third-order valence-corrected chi connectivity index (χ3v) is 7.86. The Kier molecular flexibility index (Phi) is 9.02. The summed E-state index contributed by atoms with van der Waals surface area (Å²) in [7, 11) is 4.27. The van der Waals surface area contributed by atoms with Gasteiger partial charge < -0.3 is 29.7 Å². The van der Waals surface area contributed by atoms with Gasteiger partial charge in [0.25, 0.3) is 17.4 Å². The third kappa shape index (κ3) is 6.77. The van der Waals surface area contributed by atoms with Crippen LogP contribution in [0.25, 0.3) is 0 Å². The van der Waals surface area contributed by atoms with Crippen LogP contribution in [-0.2, 0) is 36.6 Å². The molecule has 6 heterocycles. The van der Waals surface area contributed by atoms with Gasteiger partial charge in [-0.3, -0.25) is 28.3 Å². The average Bonchev–Trinajstić information content (AvgIpc) is 3.03. The second kappa shape index (κ2) is 13.1. The number of amides is 3. The first kappa shape index (κ1) is 30.4. The first-order chi connectivity index (χ1) is 21.1. The number of carbonyl (C=O) groups excluding carboxylic acids is 3. The highest BCUT2D eigenvalue weighted by Crippen LogP contribution is 2.29. The van der Waals surface area contributed by atoms with Gasteiger partial charge in [0.1, 0.15) is 17.5 Å². The molecular weight excluding hydrogens is 570 g/mol. The number of benzene rings is 2. The molecule has 1 aromatic heterocycles. The Morgan fingerprint density at radius 1 is 0.932 bits per heavy atom. The number of hydrogen-bond donors (Lipinski definition) is 2. The molecule has 2 atom stereocenters. The molecule has 8 rings (SSSR count). The Bertz CT molecular complexity index is 1680. The van der Waals surface area contributed by atoms with Gasteiger partial charge in [-0.2, -0.15) is 0 Å². The van der Waals surface area contributed by atoms with E-state index in [2.05, 4.69) is 10.6 Å². The Labute approximate surface area is 253 Å². The van der Waals surface area contributed by atoms with E-state index in [1.807, 2.05) is 18.2 Å². The maximum absolute atomic E-state index is 13.5. The molecule has 44 heavy (non-hydrogen) atoms. The van der Waals surface area contributed by atoms with Gasteiger partial charge in [0.05, 0.1) is 13.2 Å². The van der Waals surface area contributed by atoms with Gasteiger partial charge in [0, 0.05) is 52.6 Å². The van der Waals surface area contributed by atoms with Crippen LogP contribution in [0.3, 0.4) is 0 Å². The van der Waals surface area contributed by atoms with E-state index in [0.717, 1.165) is 26.3 Å². The van der Waals surface area contributed by atoms with Crippen LogP contribution < -0.4 is 36.1 Å². The summed E-state index contributed by atoms with van der Waals surface area (Å²) in [5, 5.41) is 5.87. The maximum atomic E-state index is 13.5. The van der Waals surface area contributed by atoms with Crippen LogP contribution in [0.2, 0.25) is 0 Å². The van der Waals surface area contributed by atoms with E-state index in [-0.39, 0.29) is 31.3 Å². The lowest BCUT2D eigenvalue weighted by Crippen LogP contribution is -2.59. The molecule has 13 nitrogen and oxygen atoms in total. The molecule has 2 N–H and O–H groups in total. The molecule has 2 aromatic carbocycles. The van der Waals surface area contributed by atoms with Crippen LogP contribution in [-0.4, -0.2) is 70.7 Å². The van der Waals surface area contributed by atoms with Crippen molar-refractivity contribution in [2.24, 2.45) is 14.1 Å². The standard InChI is InChI=1S/C31H35N5O8/c1-34-23(15-29(39)35(2)31(34)41)30(40)36-13-12-24-22(17-36)33-28(38)18-43-25-10-6-19(14-26(25)42-3)7-11-27(37)32-16-20-4-8-21(44-24)9-5-20/h4-6,8-10,14-15,22,24H,7,11-13,16-18H2,1-3H3,(H,32,37)(H,33,38)/t22-,24-/m1/s1. The maximum Gasteiger partial charge on any atom is 0.331 e. The summed E-state index contributed by atoms with van der Waals surface area (Å²) in [6.45, 7) is 0.372. The predicted molar refractivity (Wildman–Crippen MR) is 159 cm³/mol. The minimum atomic E-state index is -0.638. The molecule has 232 valence electrons. The van der Waals surface area contributed by atoms with Gasteiger partial charge in [0.2, 0.25) is 5.91 Å². The molecule has 1 fully saturated rings. The Hall–Kier alpha value is -5.07. The fourth-order valence-electron chi connectivity index (χ4n) is 5.28. The number of likely N-dealkylation sites (tertiary alicyclic amines) is 1. The van der Waals surface area contributed by atoms with Crippen molar-refractivity contribution in [1.29, 1.82) is 0 Å². The van der Waals surface area contributed by atoms with Crippen molar-refractivity contribution in [2.45, 2.75) is 38.0 Å². The second-order valence-electron chi connectivity index (χ2n) is 10.8. The molecule has 0 saturated carbocycles. The zero-order valence-electron chi connectivity index (χ0n) is 24.8. The largest absolute Gasteiger partial charge is 0.493 e. The molecule has 5 aliphatic heterocycles. The van der Waals surface area contributed by atoms with Crippen molar-refractivity contribution in [3.05, 3.63) is 86.2 Å². The number of carbonyl (C=O) groups is 3. The molecule has 1 saturated heterocycles. The van der Waals surface area contributed by atoms with Crippen molar-refractivity contribution >= 4 is 17.7 Å². The Morgan fingerprint density at radius 2 is 1.68 bits per heavy atom. The minimum Gasteiger partial charge on any atom is -0.493 e. The molecule has 3 amide bonds. The van der Waals surface area contributed by atoms with E-state index in [9.17, 15) is 24.0 Å². The molecular formula is C31H35N5O8. The number of ether oxygens (including phenoxy) is 3. The lowest BCUT2D eigenvalue weighted by molar-refractivity contribution is -0.125. The summed E-state index contributed by atoms with van der Waals surface area (Å²) >= 11 is 0. The van der Waals surface area contributed by atoms with Crippen molar-refractivity contribution < 1.29 is 28.6 Å². The Morgan fingerprint density at radius 3 is 2.43 bits per heavy atom. The highest BCUT2D eigenvalue weighted by Gasteiger charge is 2.35. The first-order valence-corrected chi connectivity index (χ1v) is 14.3. The third-order valence-electron chi connectivity index (χ3n) is 7.86. The summed E-state index contributed by atoms with van der Waals surface area (Å²) in [6.07, 6.45) is 0.663. The number of aromatic nitrogens is 2. The number of hydrogen-bond acceptors (Lipinski definition) is 8. The second-order valence-corrected chi connectivity index (χ2v) is 10.8. The summed E-state index contributed by atoms with van der Waals surface area (Å²) < 4.78 is 19.6. The van der Waals surface area contributed by atoms with Crippen LogP contribution in [0.1, 0.15) is 34.5 Å². The molecule has 3 aromatic rings. The lowest BCUT2D eigenvalue weighted by atomic mass is 10.0. The van der Waals surface area contributed by atoms with Crippen LogP contribution in [0.4, 0.5) is 0 Å². The zero-order chi connectivity index (χ0) is 31.4. The topological polar surface area (TPSA) is 150 Å². The summed E-state index contributed by atoms with van der Waals surface area (Å²) in [4.78, 5) is 65.3. The van der Waals surface area contributed by atoms with Crippen LogP contribution >= 0.6 is 0 Å².